The topological polar surface area (TPSA) is 34.2 Å². The quantitative estimate of drug-likeness (QED) is 0.803. The molecule has 0 bridgehead atoms. The highest BCUT2D eigenvalue weighted by molar-refractivity contribution is 5.30. The molecule has 1 unspecified atom stereocenters. The second-order valence-electron chi connectivity index (χ2n) is 4.33. The van der Waals surface area contributed by atoms with Gasteiger partial charge in [-0.15, -0.1) is 0 Å². The monoisotopic (exact) mass is 222 g/mol. The van der Waals surface area contributed by atoms with Crippen molar-refractivity contribution in [2.75, 3.05) is 6.54 Å². The highest BCUT2D eigenvalue weighted by atomic mass is 16.5. The Balaban J connectivity index is 2.70. The minimum absolute atomic E-state index is 0.225. The van der Waals surface area contributed by atoms with E-state index in [-0.39, 0.29) is 6.10 Å². The third-order valence-electron chi connectivity index (χ3n) is 2.68. The molecule has 1 atom stereocenters. The zero-order valence-corrected chi connectivity index (χ0v) is 10.7. The first-order chi connectivity index (χ1) is 7.65. The number of hydrogen-bond acceptors (Lipinski definition) is 3. The van der Waals surface area contributed by atoms with Gasteiger partial charge in [0.25, 0.3) is 0 Å². The van der Waals surface area contributed by atoms with Crippen molar-refractivity contribution in [2.24, 2.45) is 5.92 Å². The molecular weight excluding hydrogens is 200 g/mol. The molecule has 0 aliphatic heterocycles. The minimum atomic E-state index is 0.225. The van der Waals surface area contributed by atoms with Gasteiger partial charge in [-0.05, 0) is 25.5 Å². The maximum absolute atomic E-state index is 5.92. The van der Waals surface area contributed by atoms with Gasteiger partial charge in [0.15, 0.2) is 0 Å². The van der Waals surface area contributed by atoms with Crippen LogP contribution in [-0.4, -0.2) is 17.6 Å². The van der Waals surface area contributed by atoms with Crippen LogP contribution in [0, 0.1) is 5.92 Å². The molecule has 0 aliphatic rings. The summed E-state index contributed by atoms with van der Waals surface area (Å²) in [7, 11) is 0. The van der Waals surface area contributed by atoms with Crippen molar-refractivity contribution in [3.63, 3.8) is 0 Å². The van der Waals surface area contributed by atoms with E-state index in [2.05, 4.69) is 38.0 Å². The van der Waals surface area contributed by atoms with Crippen LogP contribution in [-0.2, 0) is 6.54 Å². The van der Waals surface area contributed by atoms with Crippen molar-refractivity contribution in [1.29, 1.82) is 0 Å². The number of aromatic nitrogens is 1. The van der Waals surface area contributed by atoms with Gasteiger partial charge in [0.05, 0.1) is 6.10 Å². The first-order valence-corrected chi connectivity index (χ1v) is 5.95. The maximum atomic E-state index is 5.92. The van der Waals surface area contributed by atoms with E-state index in [0.29, 0.717) is 5.92 Å². The predicted octanol–water partition coefficient (Wildman–Crippen LogP) is 2.61. The largest absolute Gasteiger partial charge is 0.490 e. The zero-order valence-electron chi connectivity index (χ0n) is 10.7. The fourth-order valence-electron chi connectivity index (χ4n) is 1.26. The third-order valence-corrected chi connectivity index (χ3v) is 2.68. The first-order valence-electron chi connectivity index (χ1n) is 5.95. The van der Waals surface area contributed by atoms with Crippen molar-refractivity contribution < 1.29 is 4.74 Å². The summed E-state index contributed by atoms with van der Waals surface area (Å²) >= 11 is 0. The Morgan fingerprint density at radius 3 is 2.75 bits per heavy atom. The smallest absolute Gasteiger partial charge is 0.127 e. The molecule has 0 aromatic carbocycles. The van der Waals surface area contributed by atoms with Gasteiger partial charge in [-0.1, -0.05) is 20.8 Å². The summed E-state index contributed by atoms with van der Waals surface area (Å²) in [5.74, 6) is 1.46. The summed E-state index contributed by atoms with van der Waals surface area (Å²) < 4.78 is 5.92. The lowest BCUT2D eigenvalue weighted by Gasteiger charge is -2.20. The zero-order chi connectivity index (χ0) is 12.0. The third kappa shape index (κ3) is 3.81. The molecule has 90 valence electrons. The Morgan fingerprint density at radius 2 is 2.12 bits per heavy atom. The Morgan fingerprint density at radius 1 is 1.38 bits per heavy atom. The number of pyridine rings is 1. The summed E-state index contributed by atoms with van der Waals surface area (Å²) in [5, 5.41) is 3.29. The molecule has 0 saturated heterocycles. The van der Waals surface area contributed by atoms with Crippen LogP contribution in [0.3, 0.4) is 0 Å². The van der Waals surface area contributed by atoms with E-state index in [1.165, 1.54) is 0 Å². The molecule has 1 heterocycles. The van der Waals surface area contributed by atoms with Gasteiger partial charge in [0, 0.05) is 24.5 Å². The number of rotatable bonds is 6. The molecule has 0 fully saturated rings. The Bertz CT molecular complexity index is 313. The Kier molecular flexibility index (Phi) is 5.26. The van der Waals surface area contributed by atoms with E-state index in [9.17, 15) is 0 Å². The van der Waals surface area contributed by atoms with Crippen LogP contribution in [0.2, 0.25) is 0 Å². The Hall–Kier alpha value is -1.09. The SMILES string of the molecule is CCNCc1cnccc1OC(C)C(C)C. The van der Waals surface area contributed by atoms with Gasteiger partial charge in [-0.2, -0.15) is 0 Å². The molecule has 3 heteroatoms. The second kappa shape index (κ2) is 6.48. The van der Waals surface area contributed by atoms with Crippen molar-refractivity contribution in [3.05, 3.63) is 24.0 Å². The number of nitrogens with one attached hydrogen (secondary N) is 1. The van der Waals surface area contributed by atoms with Crippen LogP contribution in [0.4, 0.5) is 0 Å². The lowest BCUT2D eigenvalue weighted by Crippen LogP contribution is -2.20. The van der Waals surface area contributed by atoms with Gasteiger partial charge in [0.2, 0.25) is 0 Å². The van der Waals surface area contributed by atoms with E-state index in [4.69, 9.17) is 4.74 Å². The van der Waals surface area contributed by atoms with Crippen LogP contribution >= 0.6 is 0 Å². The minimum Gasteiger partial charge on any atom is -0.490 e. The van der Waals surface area contributed by atoms with E-state index in [0.717, 1.165) is 24.4 Å². The van der Waals surface area contributed by atoms with E-state index >= 15 is 0 Å². The first kappa shape index (κ1) is 13.0. The summed E-state index contributed by atoms with van der Waals surface area (Å²) in [6.45, 7) is 10.3. The lowest BCUT2D eigenvalue weighted by molar-refractivity contribution is 0.168. The van der Waals surface area contributed by atoms with Crippen LogP contribution in [0.15, 0.2) is 18.5 Å². The van der Waals surface area contributed by atoms with Crippen LogP contribution in [0.5, 0.6) is 5.75 Å². The van der Waals surface area contributed by atoms with Gasteiger partial charge >= 0.3 is 0 Å². The number of nitrogens with zero attached hydrogens (tertiary/aromatic N) is 1. The molecule has 0 spiro atoms. The standard InChI is InChI=1S/C13H22N2O/c1-5-14-8-12-9-15-7-6-13(12)16-11(4)10(2)3/h6-7,9-11,14H,5,8H2,1-4H3. The molecule has 1 N–H and O–H groups in total. The predicted molar refractivity (Wildman–Crippen MR) is 66.5 cm³/mol. The highest BCUT2D eigenvalue weighted by Crippen LogP contribution is 2.20. The van der Waals surface area contributed by atoms with Crippen molar-refractivity contribution in [2.45, 2.75) is 40.3 Å². The van der Waals surface area contributed by atoms with Gasteiger partial charge in [-0.25, -0.2) is 0 Å². The fourth-order valence-corrected chi connectivity index (χ4v) is 1.26. The maximum Gasteiger partial charge on any atom is 0.127 e. The molecule has 3 nitrogen and oxygen atoms in total. The molecule has 1 aromatic heterocycles. The van der Waals surface area contributed by atoms with Gasteiger partial charge in [-0.3, -0.25) is 4.98 Å². The van der Waals surface area contributed by atoms with Crippen LogP contribution in [0.25, 0.3) is 0 Å². The lowest BCUT2D eigenvalue weighted by atomic mass is 10.1. The Labute approximate surface area is 98.2 Å². The highest BCUT2D eigenvalue weighted by Gasteiger charge is 2.11. The molecule has 0 saturated carbocycles. The van der Waals surface area contributed by atoms with Crippen molar-refractivity contribution in [1.82, 2.24) is 10.3 Å². The summed E-state index contributed by atoms with van der Waals surface area (Å²) in [4.78, 5) is 4.13. The van der Waals surface area contributed by atoms with Gasteiger partial charge < -0.3 is 10.1 Å². The van der Waals surface area contributed by atoms with E-state index in [1.807, 2.05) is 12.3 Å². The molecule has 1 rings (SSSR count). The average Bonchev–Trinajstić information content (AvgIpc) is 2.27. The van der Waals surface area contributed by atoms with Crippen molar-refractivity contribution in [3.8, 4) is 5.75 Å². The number of ether oxygens (including phenoxy) is 1. The fraction of sp³-hybridized carbons (Fsp3) is 0.615. The second-order valence-corrected chi connectivity index (χ2v) is 4.33. The molecule has 0 amide bonds. The van der Waals surface area contributed by atoms with E-state index in [1.54, 1.807) is 6.20 Å². The average molecular weight is 222 g/mol. The molecule has 1 aromatic rings. The van der Waals surface area contributed by atoms with Crippen LogP contribution in [0.1, 0.15) is 33.3 Å². The molecule has 0 aliphatic carbocycles. The normalized spacial score (nSPS) is 12.8. The summed E-state index contributed by atoms with van der Waals surface area (Å²) in [5.41, 5.74) is 1.12. The molecule has 16 heavy (non-hydrogen) atoms. The van der Waals surface area contributed by atoms with Crippen molar-refractivity contribution >= 4 is 0 Å². The van der Waals surface area contributed by atoms with Gasteiger partial charge in [0.1, 0.15) is 5.75 Å². The van der Waals surface area contributed by atoms with Crippen LogP contribution < -0.4 is 10.1 Å². The molecule has 0 radical (unpaired) electrons. The summed E-state index contributed by atoms with van der Waals surface area (Å²) in [6, 6.07) is 1.94. The summed E-state index contributed by atoms with van der Waals surface area (Å²) in [6.07, 6.45) is 3.87. The molecular formula is C13H22N2O. The van der Waals surface area contributed by atoms with E-state index < -0.39 is 0 Å². The number of hydrogen-bond donors (Lipinski definition) is 1.